The van der Waals surface area contributed by atoms with Crippen LogP contribution in [-0.2, 0) is 10.2 Å². The molecule has 2 fully saturated rings. The summed E-state index contributed by atoms with van der Waals surface area (Å²) in [5, 5.41) is 3.85. The van der Waals surface area contributed by atoms with Crippen molar-refractivity contribution in [3.05, 3.63) is 94.5 Å². The van der Waals surface area contributed by atoms with Crippen LogP contribution in [0.25, 0.3) is 0 Å². The topological polar surface area (TPSA) is 52.7 Å². The second kappa shape index (κ2) is 10.4. The van der Waals surface area contributed by atoms with Crippen molar-refractivity contribution >= 4 is 34.8 Å². The van der Waals surface area contributed by atoms with Crippen molar-refractivity contribution in [1.29, 1.82) is 0 Å². The Balaban J connectivity index is 1.33. The third-order valence-electron chi connectivity index (χ3n) is 7.63. The molecule has 3 aromatic carbocycles. The number of carbonyl (C=O) groups excluding carboxylic acids is 2. The van der Waals surface area contributed by atoms with Gasteiger partial charge in [-0.1, -0.05) is 78.5 Å². The van der Waals surface area contributed by atoms with Gasteiger partial charge in [0.1, 0.15) is 0 Å². The highest BCUT2D eigenvalue weighted by atomic mass is 35.5. The maximum Gasteiger partial charge on any atom is 0.253 e. The van der Waals surface area contributed by atoms with Gasteiger partial charge in [-0.25, -0.2) is 0 Å². The molecule has 1 N–H and O–H groups in total. The van der Waals surface area contributed by atoms with Crippen LogP contribution in [-0.4, -0.2) is 42.9 Å². The van der Waals surface area contributed by atoms with Crippen LogP contribution in [0.2, 0.25) is 5.02 Å². The van der Waals surface area contributed by atoms with Gasteiger partial charge in [-0.05, 0) is 49.6 Å². The molecule has 36 heavy (non-hydrogen) atoms. The third-order valence-corrected chi connectivity index (χ3v) is 7.94. The minimum atomic E-state index is -0.514. The normalized spacial score (nSPS) is 17.2. The number of rotatable bonds is 5. The summed E-state index contributed by atoms with van der Waals surface area (Å²) in [5.74, 6) is 0.0799. The van der Waals surface area contributed by atoms with E-state index in [4.69, 9.17) is 11.6 Å². The highest BCUT2D eigenvalue weighted by Crippen LogP contribution is 2.43. The number of amides is 2. The second-order valence-corrected chi connectivity index (χ2v) is 10.3. The summed E-state index contributed by atoms with van der Waals surface area (Å²) in [5.41, 5.74) is 3.97. The maximum absolute atomic E-state index is 13.8. The molecular weight excluding hydrogens is 470 g/mol. The monoisotopic (exact) mass is 501 g/mol. The number of halogens is 1. The van der Waals surface area contributed by atoms with E-state index in [-0.39, 0.29) is 11.8 Å². The molecule has 1 saturated heterocycles. The first-order valence-corrected chi connectivity index (χ1v) is 13.1. The fourth-order valence-electron chi connectivity index (χ4n) is 5.57. The Morgan fingerprint density at radius 2 is 1.50 bits per heavy atom. The van der Waals surface area contributed by atoms with E-state index in [9.17, 15) is 9.59 Å². The van der Waals surface area contributed by atoms with Crippen molar-refractivity contribution in [1.82, 2.24) is 4.90 Å². The summed E-state index contributed by atoms with van der Waals surface area (Å²) < 4.78 is 0. The van der Waals surface area contributed by atoms with Gasteiger partial charge in [0, 0.05) is 31.7 Å². The van der Waals surface area contributed by atoms with Gasteiger partial charge >= 0.3 is 0 Å². The van der Waals surface area contributed by atoms with Crippen LogP contribution < -0.4 is 10.2 Å². The van der Waals surface area contributed by atoms with E-state index >= 15 is 0 Å². The Morgan fingerprint density at radius 3 is 2.17 bits per heavy atom. The van der Waals surface area contributed by atoms with Gasteiger partial charge in [-0.3, -0.25) is 9.59 Å². The van der Waals surface area contributed by atoms with Gasteiger partial charge in [-0.15, -0.1) is 0 Å². The van der Waals surface area contributed by atoms with E-state index in [0.29, 0.717) is 36.8 Å². The highest BCUT2D eigenvalue weighted by Gasteiger charge is 2.43. The van der Waals surface area contributed by atoms with Crippen molar-refractivity contribution in [2.75, 3.05) is 36.4 Å². The predicted octanol–water partition coefficient (Wildman–Crippen LogP) is 6.06. The van der Waals surface area contributed by atoms with Crippen LogP contribution in [0.15, 0.2) is 72.8 Å². The molecule has 1 aliphatic heterocycles. The van der Waals surface area contributed by atoms with Crippen molar-refractivity contribution in [3.8, 4) is 0 Å². The van der Waals surface area contributed by atoms with Gasteiger partial charge < -0.3 is 15.1 Å². The minimum absolute atomic E-state index is 0.0305. The number of anilines is 2. The number of nitrogens with one attached hydrogen (secondary N) is 1. The molecule has 0 unspecified atom stereocenters. The van der Waals surface area contributed by atoms with E-state index in [1.54, 1.807) is 0 Å². The van der Waals surface area contributed by atoms with Gasteiger partial charge in [0.15, 0.2) is 0 Å². The van der Waals surface area contributed by atoms with Crippen molar-refractivity contribution in [2.45, 2.75) is 38.0 Å². The number of piperazine rings is 1. The largest absolute Gasteiger partial charge is 0.365 e. The first kappa shape index (κ1) is 24.4. The van der Waals surface area contributed by atoms with Crippen LogP contribution in [0.3, 0.4) is 0 Å². The Hall–Kier alpha value is -3.31. The number of carbonyl (C=O) groups is 2. The van der Waals surface area contributed by atoms with E-state index < -0.39 is 5.41 Å². The lowest BCUT2D eigenvalue weighted by atomic mass is 9.78. The number of para-hydroxylation sites is 1. The zero-order chi connectivity index (χ0) is 25.1. The molecule has 6 heteroatoms. The van der Waals surface area contributed by atoms with Gasteiger partial charge in [0.2, 0.25) is 5.91 Å². The molecule has 0 radical (unpaired) electrons. The average Bonchev–Trinajstić information content (AvgIpc) is 3.41. The number of hydrogen-bond acceptors (Lipinski definition) is 3. The fraction of sp³-hybridized carbons (Fsp3) is 0.333. The van der Waals surface area contributed by atoms with Gasteiger partial charge in [0.05, 0.1) is 21.8 Å². The molecule has 0 bridgehead atoms. The summed E-state index contributed by atoms with van der Waals surface area (Å²) >= 11 is 6.69. The molecular formula is C30H32ClN3O2. The SMILES string of the molecule is Cc1ccc(C(=O)N2CCN(c3c(Cl)cccc3NC(=O)C3(c4ccccc4)CCCC3)CC2)cc1. The van der Waals surface area contributed by atoms with Crippen molar-refractivity contribution in [2.24, 2.45) is 0 Å². The van der Waals surface area contributed by atoms with E-state index in [2.05, 4.69) is 22.3 Å². The summed E-state index contributed by atoms with van der Waals surface area (Å²) in [7, 11) is 0. The molecule has 2 aliphatic rings. The van der Waals surface area contributed by atoms with E-state index in [0.717, 1.165) is 48.2 Å². The zero-order valence-corrected chi connectivity index (χ0v) is 21.4. The minimum Gasteiger partial charge on any atom is -0.365 e. The Bertz CT molecular complexity index is 1230. The summed E-state index contributed by atoms with van der Waals surface area (Å²) in [4.78, 5) is 30.8. The molecule has 2 amide bonds. The van der Waals surface area contributed by atoms with E-state index in [1.165, 1.54) is 0 Å². The highest BCUT2D eigenvalue weighted by molar-refractivity contribution is 6.34. The van der Waals surface area contributed by atoms with Gasteiger partial charge in [-0.2, -0.15) is 0 Å². The summed E-state index contributed by atoms with van der Waals surface area (Å²) in [6.45, 7) is 4.50. The molecule has 5 nitrogen and oxygen atoms in total. The summed E-state index contributed by atoms with van der Waals surface area (Å²) in [6, 6.07) is 23.5. The average molecular weight is 502 g/mol. The third kappa shape index (κ3) is 4.72. The Kier molecular flexibility index (Phi) is 7.01. The zero-order valence-electron chi connectivity index (χ0n) is 20.7. The standard InChI is InChI=1S/C30H32ClN3O2/c1-22-12-14-23(15-13-22)28(35)34-20-18-33(19-21-34)27-25(31)10-7-11-26(27)32-29(36)30(16-5-6-17-30)24-8-3-2-4-9-24/h2-4,7-15H,5-6,16-21H2,1H3,(H,32,36). The lowest BCUT2D eigenvalue weighted by molar-refractivity contribution is -0.121. The molecule has 3 aromatic rings. The van der Waals surface area contributed by atoms with Crippen molar-refractivity contribution in [3.63, 3.8) is 0 Å². The molecule has 1 saturated carbocycles. The van der Waals surface area contributed by atoms with E-state index in [1.807, 2.05) is 72.5 Å². The maximum atomic E-state index is 13.8. The first-order valence-electron chi connectivity index (χ1n) is 12.7. The second-order valence-electron chi connectivity index (χ2n) is 9.89. The smallest absolute Gasteiger partial charge is 0.253 e. The first-order chi connectivity index (χ1) is 17.5. The fourth-order valence-corrected chi connectivity index (χ4v) is 5.87. The molecule has 186 valence electrons. The number of nitrogens with zero attached hydrogens (tertiary/aromatic N) is 2. The molecule has 5 rings (SSSR count). The summed E-state index contributed by atoms with van der Waals surface area (Å²) in [6.07, 6.45) is 3.78. The lowest BCUT2D eigenvalue weighted by Crippen LogP contribution is -2.49. The van der Waals surface area contributed by atoms with Crippen LogP contribution in [0.4, 0.5) is 11.4 Å². The van der Waals surface area contributed by atoms with Crippen LogP contribution >= 0.6 is 11.6 Å². The Morgan fingerprint density at radius 1 is 0.833 bits per heavy atom. The number of benzene rings is 3. The quantitative estimate of drug-likeness (QED) is 0.462. The molecule has 0 spiro atoms. The van der Waals surface area contributed by atoms with Crippen LogP contribution in [0.1, 0.15) is 47.2 Å². The molecule has 0 aromatic heterocycles. The molecule has 1 aliphatic carbocycles. The number of aryl methyl sites for hydroxylation is 1. The lowest BCUT2D eigenvalue weighted by Gasteiger charge is -2.38. The molecule has 0 atom stereocenters. The Labute approximate surface area is 218 Å². The van der Waals surface area contributed by atoms with Crippen LogP contribution in [0, 0.1) is 6.92 Å². The molecule has 1 heterocycles. The number of hydrogen-bond donors (Lipinski definition) is 1. The van der Waals surface area contributed by atoms with Gasteiger partial charge in [0.25, 0.3) is 5.91 Å². The van der Waals surface area contributed by atoms with Crippen LogP contribution in [0.5, 0.6) is 0 Å². The predicted molar refractivity (Wildman–Crippen MR) is 146 cm³/mol. The van der Waals surface area contributed by atoms with Crippen molar-refractivity contribution < 1.29 is 9.59 Å².